The van der Waals surface area contributed by atoms with Gasteiger partial charge in [0.05, 0.1) is 23.0 Å². The molecule has 5 rings (SSSR count). The van der Waals surface area contributed by atoms with Crippen LogP contribution in [0.15, 0.2) is 97.3 Å². The molecule has 0 aliphatic heterocycles. The van der Waals surface area contributed by atoms with Gasteiger partial charge in [-0.25, -0.2) is 4.39 Å². The highest BCUT2D eigenvalue weighted by molar-refractivity contribution is 6.10. The van der Waals surface area contributed by atoms with Gasteiger partial charge in [-0.1, -0.05) is 48.5 Å². The molecule has 7 heteroatoms. The summed E-state index contributed by atoms with van der Waals surface area (Å²) in [5.41, 5.74) is 2.97. The first-order valence-electron chi connectivity index (χ1n) is 12.3. The summed E-state index contributed by atoms with van der Waals surface area (Å²) in [6, 6.07) is 25.0. The van der Waals surface area contributed by atoms with Crippen LogP contribution in [0.1, 0.15) is 41.0 Å². The van der Waals surface area contributed by atoms with Gasteiger partial charge in [-0.2, -0.15) is 0 Å². The first-order chi connectivity index (χ1) is 18.3. The zero-order valence-corrected chi connectivity index (χ0v) is 21.2. The van der Waals surface area contributed by atoms with Crippen LogP contribution < -0.4 is 10.1 Å². The van der Waals surface area contributed by atoms with Crippen LogP contribution in [0.2, 0.25) is 0 Å². The molecule has 0 atom stereocenters. The highest BCUT2D eigenvalue weighted by atomic mass is 19.1. The number of hydrogen-bond acceptors (Lipinski definition) is 4. The van der Waals surface area contributed by atoms with Gasteiger partial charge in [-0.05, 0) is 66.9 Å². The van der Waals surface area contributed by atoms with E-state index in [9.17, 15) is 14.3 Å². The molecule has 38 heavy (non-hydrogen) atoms. The van der Waals surface area contributed by atoms with E-state index in [1.54, 1.807) is 50.5 Å². The molecule has 0 radical (unpaired) electrons. The zero-order valence-electron chi connectivity index (χ0n) is 21.2. The second-order valence-electron chi connectivity index (χ2n) is 9.65. The fourth-order valence-corrected chi connectivity index (χ4v) is 4.37. The van der Waals surface area contributed by atoms with Crippen molar-refractivity contribution in [1.29, 1.82) is 0 Å². The van der Waals surface area contributed by atoms with Crippen LogP contribution in [0.25, 0.3) is 10.9 Å². The molecule has 3 aromatic carbocycles. The maximum Gasteiger partial charge on any atom is 0.276 e. The summed E-state index contributed by atoms with van der Waals surface area (Å²) in [7, 11) is 0. The molecule has 6 nitrogen and oxygen atoms in total. The Morgan fingerprint density at radius 2 is 1.76 bits per heavy atom. The highest BCUT2D eigenvalue weighted by Crippen LogP contribution is 2.37. The van der Waals surface area contributed by atoms with E-state index in [2.05, 4.69) is 10.3 Å². The van der Waals surface area contributed by atoms with Gasteiger partial charge in [0.25, 0.3) is 5.91 Å². The van der Waals surface area contributed by atoms with Crippen LogP contribution in [-0.4, -0.2) is 20.6 Å². The van der Waals surface area contributed by atoms with Crippen molar-refractivity contribution in [2.75, 3.05) is 5.32 Å². The van der Waals surface area contributed by atoms with E-state index < -0.39 is 5.60 Å². The topological polar surface area (TPSA) is 76.4 Å². The Morgan fingerprint density at radius 1 is 1.00 bits per heavy atom. The number of aliphatic hydroxyl groups is 1. The number of amides is 1. The number of pyridine rings is 1. The summed E-state index contributed by atoms with van der Waals surface area (Å²) in [5.74, 6) is -0.301. The molecule has 0 aliphatic carbocycles. The van der Waals surface area contributed by atoms with Gasteiger partial charge in [-0.3, -0.25) is 9.78 Å². The number of anilines is 1. The number of nitrogens with one attached hydrogen (secondary N) is 1. The van der Waals surface area contributed by atoms with E-state index in [0.29, 0.717) is 34.6 Å². The predicted octanol–water partition coefficient (Wildman–Crippen LogP) is 6.28. The molecule has 0 aliphatic rings. The van der Waals surface area contributed by atoms with Crippen LogP contribution in [0.3, 0.4) is 0 Å². The summed E-state index contributed by atoms with van der Waals surface area (Å²) in [4.78, 5) is 17.9. The third-order valence-electron chi connectivity index (χ3n) is 6.34. The molecule has 0 spiro atoms. The van der Waals surface area contributed by atoms with E-state index >= 15 is 0 Å². The number of halogens is 1. The first kappa shape index (κ1) is 25.2. The third kappa shape index (κ3) is 5.43. The highest BCUT2D eigenvalue weighted by Gasteiger charge is 2.27. The van der Waals surface area contributed by atoms with Crippen molar-refractivity contribution in [2.24, 2.45) is 0 Å². The Morgan fingerprint density at radius 3 is 2.45 bits per heavy atom. The lowest BCUT2D eigenvalue weighted by atomic mass is 9.97. The number of fused-ring (bicyclic) bond motifs is 1. The standard InChI is InChI=1S/C31H28FN3O3/c1-31(2,37)23-12-15-27-26(17-23)29(38-20-22-7-4-3-5-8-22)28(30(36)34-25-9-6-16-33-18-25)35(27)19-21-10-13-24(32)14-11-21/h3-18,37H,19-20H2,1-2H3,(H,34,36). The Hall–Kier alpha value is -4.49. The summed E-state index contributed by atoms with van der Waals surface area (Å²) >= 11 is 0. The summed E-state index contributed by atoms with van der Waals surface area (Å²) in [6.07, 6.45) is 3.20. The summed E-state index contributed by atoms with van der Waals surface area (Å²) in [6.45, 7) is 3.98. The molecule has 5 aromatic rings. The lowest BCUT2D eigenvalue weighted by Gasteiger charge is -2.18. The van der Waals surface area contributed by atoms with Crippen LogP contribution in [-0.2, 0) is 18.8 Å². The van der Waals surface area contributed by atoms with Crippen LogP contribution in [0.4, 0.5) is 10.1 Å². The molecule has 0 saturated carbocycles. The number of hydrogen-bond donors (Lipinski definition) is 2. The van der Waals surface area contributed by atoms with Crippen molar-refractivity contribution in [2.45, 2.75) is 32.6 Å². The monoisotopic (exact) mass is 509 g/mol. The Balaban J connectivity index is 1.68. The third-order valence-corrected chi connectivity index (χ3v) is 6.34. The maximum absolute atomic E-state index is 13.8. The smallest absolute Gasteiger partial charge is 0.276 e. The summed E-state index contributed by atoms with van der Waals surface area (Å²) in [5, 5.41) is 14.3. The van der Waals surface area contributed by atoms with Gasteiger partial charge >= 0.3 is 0 Å². The quantitative estimate of drug-likeness (QED) is 0.258. The van der Waals surface area contributed by atoms with E-state index in [1.165, 1.54) is 12.1 Å². The van der Waals surface area contributed by atoms with Gasteiger partial charge in [0, 0.05) is 18.1 Å². The lowest BCUT2D eigenvalue weighted by molar-refractivity contribution is 0.0787. The normalized spacial score (nSPS) is 11.5. The molecule has 2 N–H and O–H groups in total. The number of aromatic nitrogens is 2. The zero-order chi connectivity index (χ0) is 26.7. The van der Waals surface area contributed by atoms with Gasteiger partial charge in [0.2, 0.25) is 0 Å². The number of rotatable bonds is 8. The fraction of sp³-hybridized carbons (Fsp3) is 0.161. The van der Waals surface area contributed by atoms with Gasteiger partial charge in [0.1, 0.15) is 12.4 Å². The average Bonchev–Trinajstić information content (AvgIpc) is 3.22. The molecule has 0 fully saturated rings. The average molecular weight is 510 g/mol. The minimum atomic E-state index is -1.10. The second-order valence-corrected chi connectivity index (χ2v) is 9.65. The second kappa shape index (κ2) is 10.5. The van der Waals surface area contributed by atoms with E-state index in [1.807, 2.05) is 53.1 Å². The molecule has 0 bridgehead atoms. The molecule has 0 saturated heterocycles. The van der Waals surface area contributed by atoms with Crippen molar-refractivity contribution in [3.63, 3.8) is 0 Å². The number of carbonyl (C=O) groups excluding carboxylic acids is 1. The van der Waals surface area contributed by atoms with Crippen molar-refractivity contribution in [3.8, 4) is 5.75 Å². The molecular weight excluding hydrogens is 481 g/mol. The number of carbonyl (C=O) groups is 1. The van der Waals surface area contributed by atoms with E-state index in [0.717, 1.165) is 16.6 Å². The minimum Gasteiger partial charge on any atom is -0.486 e. The SMILES string of the molecule is CC(C)(O)c1ccc2c(c1)c(OCc1ccccc1)c(C(=O)Nc1cccnc1)n2Cc1ccc(F)cc1. The molecule has 2 aromatic heterocycles. The fourth-order valence-electron chi connectivity index (χ4n) is 4.37. The molecular formula is C31H28FN3O3. The Bertz CT molecular complexity index is 1560. The Kier molecular flexibility index (Phi) is 6.94. The van der Waals surface area contributed by atoms with Crippen LogP contribution >= 0.6 is 0 Å². The van der Waals surface area contributed by atoms with Crippen molar-refractivity contribution < 1.29 is 19.0 Å². The van der Waals surface area contributed by atoms with Crippen molar-refractivity contribution in [1.82, 2.24) is 9.55 Å². The Labute approximate surface area is 220 Å². The molecule has 192 valence electrons. The van der Waals surface area contributed by atoms with Gasteiger partial charge in [-0.15, -0.1) is 0 Å². The molecule has 1 amide bonds. The van der Waals surface area contributed by atoms with Gasteiger partial charge < -0.3 is 19.7 Å². The summed E-state index contributed by atoms with van der Waals surface area (Å²) < 4.78 is 21.9. The predicted molar refractivity (Wildman–Crippen MR) is 146 cm³/mol. The molecule has 2 heterocycles. The van der Waals surface area contributed by atoms with Crippen LogP contribution in [0, 0.1) is 5.82 Å². The van der Waals surface area contributed by atoms with Crippen molar-refractivity contribution >= 4 is 22.5 Å². The van der Waals surface area contributed by atoms with Crippen LogP contribution in [0.5, 0.6) is 5.75 Å². The van der Waals surface area contributed by atoms with E-state index in [4.69, 9.17) is 4.74 Å². The van der Waals surface area contributed by atoms with Crippen molar-refractivity contribution in [3.05, 3.63) is 126 Å². The maximum atomic E-state index is 13.8. The number of nitrogens with zero attached hydrogens (tertiary/aromatic N) is 2. The van der Waals surface area contributed by atoms with Gasteiger partial charge in [0.15, 0.2) is 11.4 Å². The largest absolute Gasteiger partial charge is 0.486 e. The molecule has 0 unspecified atom stereocenters. The minimum absolute atomic E-state index is 0.246. The first-order valence-corrected chi connectivity index (χ1v) is 12.3. The number of benzene rings is 3. The van der Waals surface area contributed by atoms with E-state index in [-0.39, 0.29) is 18.3 Å². The number of ether oxygens (including phenoxy) is 1. The lowest BCUT2D eigenvalue weighted by Crippen LogP contribution is -2.19.